The van der Waals surface area contributed by atoms with Crippen LogP contribution in [0.2, 0.25) is 5.02 Å². The molecule has 308 valence electrons. The molecule has 1 atom stereocenters. The van der Waals surface area contributed by atoms with Crippen LogP contribution in [0.4, 0.5) is 29.3 Å². The Kier molecular flexibility index (Phi) is 10.2. The van der Waals surface area contributed by atoms with Crippen LogP contribution in [0.25, 0.3) is 17.2 Å². The number of carbonyl (C=O) groups excluding carboxylic acids is 3. The minimum absolute atomic E-state index is 0.0255. The number of hydrogen-bond donors (Lipinski definition) is 3. The Morgan fingerprint density at radius 2 is 1.71 bits per heavy atom. The van der Waals surface area contributed by atoms with Crippen molar-refractivity contribution in [2.75, 3.05) is 56.5 Å². The average molecular weight is 835 g/mol. The maximum Gasteiger partial charge on any atom is 0.416 e. The molecule has 6 heterocycles. The number of rotatable bonds is 6. The number of pyridine rings is 1. The molecule has 2 saturated heterocycles. The second-order valence-electron chi connectivity index (χ2n) is 14.5. The molecule has 0 bridgehead atoms. The highest BCUT2D eigenvalue weighted by Gasteiger charge is 2.50. The van der Waals surface area contributed by atoms with E-state index in [2.05, 4.69) is 25.6 Å². The number of aromatic hydroxyl groups is 1. The number of nitrogens with zero attached hydrogens (tertiary/aromatic N) is 8. The van der Waals surface area contributed by atoms with Crippen molar-refractivity contribution in [2.24, 2.45) is 0 Å². The number of alkyl halides is 3. The Morgan fingerprint density at radius 1 is 1.00 bits per heavy atom. The molecule has 0 aliphatic carbocycles. The highest BCUT2D eigenvalue weighted by molar-refractivity contribution is 6.33. The molecule has 0 unspecified atom stereocenters. The first-order valence-electron chi connectivity index (χ1n) is 18.8. The summed E-state index contributed by atoms with van der Waals surface area (Å²) in [4.78, 5) is 67.9. The summed E-state index contributed by atoms with van der Waals surface area (Å²) in [5.41, 5.74) is -0.724. The standard InChI is InChI=1S/C39H38ClF3N10O6/c1-22-32-30(38(59-22)11-14-50(15-12-38)35(57)31-28(54)4-3-13-45-31)34(56)53-36(52(32)21-29(55)46-27-10-7-24(20-26(27)40)39(41,42)43)47-33(48-53)23-5-8-25(9-6-23)49-16-18-51(19-17-49)37(58)44-2/h3-10,13,20,22,54H,11-12,14-19,21H2,1-2H3,(H,44,58)(H,46,55)/t22-/m1/s1. The summed E-state index contributed by atoms with van der Waals surface area (Å²) in [6.07, 6.45) is -3.59. The maximum absolute atomic E-state index is 14.6. The zero-order valence-corrected chi connectivity index (χ0v) is 32.5. The van der Waals surface area contributed by atoms with Gasteiger partial charge in [-0.05, 0) is 74.4 Å². The summed E-state index contributed by atoms with van der Waals surface area (Å²) in [6.45, 7) is 3.96. The second kappa shape index (κ2) is 15.2. The minimum Gasteiger partial charge on any atom is -0.505 e. The molecular formula is C39H38ClF3N10O6. The fourth-order valence-corrected chi connectivity index (χ4v) is 8.31. The first-order valence-corrected chi connectivity index (χ1v) is 19.2. The number of amides is 4. The maximum atomic E-state index is 14.6. The van der Waals surface area contributed by atoms with E-state index in [0.29, 0.717) is 37.4 Å². The van der Waals surface area contributed by atoms with E-state index in [9.17, 15) is 37.5 Å². The van der Waals surface area contributed by atoms with Crippen molar-refractivity contribution in [1.29, 1.82) is 0 Å². The number of ether oxygens (including phenoxy) is 1. The number of nitrogens with one attached hydrogen (secondary N) is 2. The van der Waals surface area contributed by atoms with Gasteiger partial charge in [0.25, 0.3) is 11.5 Å². The first kappa shape index (κ1) is 39.6. The first-order chi connectivity index (χ1) is 28.2. The Bertz CT molecular complexity index is 2530. The molecule has 2 aromatic carbocycles. The van der Waals surface area contributed by atoms with Gasteiger partial charge in [-0.3, -0.25) is 14.4 Å². The van der Waals surface area contributed by atoms with Gasteiger partial charge in [0, 0.05) is 63.8 Å². The molecule has 59 heavy (non-hydrogen) atoms. The van der Waals surface area contributed by atoms with Crippen molar-refractivity contribution < 1.29 is 37.4 Å². The van der Waals surface area contributed by atoms with Gasteiger partial charge in [0.1, 0.15) is 17.9 Å². The number of anilines is 2. The number of hydrogen-bond acceptors (Lipinski definition) is 10. The number of halogens is 4. The van der Waals surface area contributed by atoms with E-state index in [1.54, 1.807) is 18.9 Å². The largest absolute Gasteiger partial charge is 0.505 e. The van der Waals surface area contributed by atoms with Gasteiger partial charge < -0.3 is 39.7 Å². The third kappa shape index (κ3) is 7.28. The van der Waals surface area contributed by atoms with Gasteiger partial charge in [-0.15, -0.1) is 5.10 Å². The lowest BCUT2D eigenvalue weighted by molar-refractivity contribution is -0.137. The van der Waals surface area contributed by atoms with Crippen LogP contribution in [0.5, 0.6) is 5.75 Å². The summed E-state index contributed by atoms with van der Waals surface area (Å²) >= 11 is 6.17. The molecule has 16 nitrogen and oxygen atoms in total. The molecule has 3 aromatic heterocycles. The van der Waals surface area contributed by atoms with E-state index in [1.165, 1.54) is 27.8 Å². The summed E-state index contributed by atoms with van der Waals surface area (Å²) in [6, 6.07) is 12.8. The Labute approximate surface area is 339 Å². The Morgan fingerprint density at radius 3 is 2.36 bits per heavy atom. The van der Waals surface area contributed by atoms with Crippen LogP contribution in [0.15, 0.2) is 65.6 Å². The molecule has 2 fully saturated rings. The van der Waals surface area contributed by atoms with Crippen molar-refractivity contribution in [3.05, 3.63) is 98.7 Å². The van der Waals surface area contributed by atoms with Crippen LogP contribution in [0, 0.1) is 0 Å². The third-order valence-corrected chi connectivity index (χ3v) is 11.3. The van der Waals surface area contributed by atoms with Gasteiger partial charge in [-0.2, -0.15) is 22.7 Å². The summed E-state index contributed by atoms with van der Waals surface area (Å²) in [5, 5.41) is 19.8. The lowest BCUT2D eigenvalue weighted by Gasteiger charge is -2.39. The second-order valence-corrected chi connectivity index (χ2v) is 14.9. The Balaban J connectivity index is 1.14. The summed E-state index contributed by atoms with van der Waals surface area (Å²) in [7, 11) is 1.60. The van der Waals surface area contributed by atoms with E-state index in [-0.39, 0.29) is 71.3 Å². The molecular weight excluding hydrogens is 797 g/mol. The zero-order valence-electron chi connectivity index (χ0n) is 31.8. The normalized spacial score (nSPS) is 17.7. The monoisotopic (exact) mass is 834 g/mol. The van der Waals surface area contributed by atoms with Gasteiger partial charge in [0.15, 0.2) is 11.5 Å². The lowest BCUT2D eigenvalue weighted by atomic mass is 9.85. The van der Waals surface area contributed by atoms with E-state index in [0.717, 1.165) is 28.4 Å². The molecule has 8 rings (SSSR count). The van der Waals surface area contributed by atoms with Gasteiger partial charge in [-0.1, -0.05) is 11.6 Å². The Hall–Kier alpha value is -6.21. The van der Waals surface area contributed by atoms with E-state index >= 15 is 0 Å². The van der Waals surface area contributed by atoms with Crippen molar-refractivity contribution >= 4 is 46.6 Å². The number of likely N-dealkylation sites (tertiary alicyclic amines) is 1. The van der Waals surface area contributed by atoms with E-state index < -0.39 is 47.4 Å². The van der Waals surface area contributed by atoms with Crippen LogP contribution < -0.4 is 21.1 Å². The number of piperazine rings is 1. The van der Waals surface area contributed by atoms with Gasteiger partial charge in [0.05, 0.1) is 33.6 Å². The quantitative estimate of drug-likeness (QED) is 0.218. The summed E-state index contributed by atoms with van der Waals surface area (Å²) in [5.74, 6) is -1.19. The summed E-state index contributed by atoms with van der Waals surface area (Å²) < 4.78 is 49.2. The number of fused-ring (bicyclic) bond motifs is 3. The van der Waals surface area contributed by atoms with E-state index in [1.807, 2.05) is 24.3 Å². The van der Waals surface area contributed by atoms with E-state index in [4.69, 9.17) is 21.3 Å². The van der Waals surface area contributed by atoms with Crippen molar-refractivity contribution in [1.82, 2.24) is 39.3 Å². The number of benzene rings is 2. The van der Waals surface area contributed by atoms with Gasteiger partial charge in [0.2, 0.25) is 11.7 Å². The molecule has 1 spiro atoms. The number of piperidine rings is 1. The van der Waals surface area contributed by atoms with Crippen molar-refractivity contribution in [2.45, 2.75) is 44.2 Å². The smallest absolute Gasteiger partial charge is 0.416 e. The molecule has 0 radical (unpaired) electrons. The average Bonchev–Trinajstić information content (AvgIpc) is 3.80. The van der Waals surface area contributed by atoms with Crippen LogP contribution in [-0.4, -0.2) is 103 Å². The predicted molar refractivity (Wildman–Crippen MR) is 208 cm³/mol. The highest BCUT2D eigenvalue weighted by atomic mass is 35.5. The molecule has 5 aromatic rings. The predicted octanol–water partition coefficient (Wildman–Crippen LogP) is 4.65. The van der Waals surface area contributed by atoms with Crippen LogP contribution in [0.3, 0.4) is 0 Å². The fraction of sp³-hybridized carbons (Fsp3) is 0.359. The minimum atomic E-state index is -4.64. The zero-order chi connectivity index (χ0) is 41.8. The van der Waals surface area contributed by atoms with Crippen molar-refractivity contribution in [3.8, 4) is 17.1 Å². The van der Waals surface area contributed by atoms with Crippen molar-refractivity contribution in [3.63, 3.8) is 0 Å². The van der Waals surface area contributed by atoms with Crippen LogP contribution in [-0.2, 0) is 27.9 Å². The number of urea groups is 1. The molecule has 20 heteroatoms. The molecule has 0 saturated carbocycles. The molecule has 3 N–H and O–H groups in total. The topological polar surface area (TPSA) is 180 Å². The number of aromatic nitrogens is 5. The number of carbonyl (C=O) groups is 3. The highest BCUT2D eigenvalue weighted by Crippen LogP contribution is 2.48. The van der Waals surface area contributed by atoms with Crippen LogP contribution >= 0.6 is 11.6 Å². The fourth-order valence-electron chi connectivity index (χ4n) is 8.08. The lowest BCUT2D eigenvalue weighted by Crippen LogP contribution is -2.51. The molecule has 3 aliphatic heterocycles. The third-order valence-electron chi connectivity index (χ3n) is 11.0. The van der Waals surface area contributed by atoms with Gasteiger partial charge >= 0.3 is 12.2 Å². The van der Waals surface area contributed by atoms with Gasteiger partial charge in [-0.25, -0.2) is 9.78 Å². The van der Waals surface area contributed by atoms with Crippen LogP contribution in [0.1, 0.15) is 53.2 Å². The molecule has 3 aliphatic rings. The SMILES string of the molecule is CNC(=O)N1CCN(c2ccc(-c3nc4n(CC(=O)Nc5ccc(C(F)(F)F)cc5Cl)c5c(c(=O)n4n3)C3(CCN(C(=O)c4ncccc4O)CC3)O[C@@H]5C)cc2)CC1. The molecule has 4 amide bonds.